The topological polar surface area (TPSA) is 0 Å². The van der Waals surface area contributed by atoms with Crippen LogP contribution in [0, 0.1) is 0 Å². The predicted molar refractivity (Wildman–Crippen MR) is 98.9 cm³/mol. The van der Waals surface area contributed by atoms with E-state index < -0.39 is 18.4 Å². The Labute approximate surface area is 138 Å². The van der Waals surface area contributed by atoms with E-state index in [0.717, 1.165) is 0 Å². The summed E-state index contributed by atoms with van der Waals surface area (Å²) in [4.78, 5) is 0. The molecule has 0 aromatic rings. The molecule has 0 saturated heterocycles. The number of hydrogen-bond acceptors (Lipinski definition) is 0. The Hall–Kier alpha value is 0.799. The molecule has 0 spiro atoms. The van der Waals surface area contributed by atoms with E-state index in [9.17, 15) is 0 Å². The van der Waals surface area contributed by atoms with Crippen molar-refractivity contribution >= 4 is 18.4 Å². The summed E-state index contributed by atoms with van der Waals surface area (Å²) in [5.74, 6) is 0. The van der Waals surface area contributed by atoms with Crippen molar-refractivity contribution in [3.63, 3.8) is 0 Å². The fourth-order valence-electron chi connectivity index (χ4n) is 5.64. The van der Waals surface area contributed by atoms with Gasteiger partial charge in [-0.3, -0.25) is 0 Å². The number of rotatable bonds is 8. The van der Waals surface area contributed by atoms with Gasteiger partial charge in [0, 0.05) is 0 Å². The molecule has 21 heavy (non-hydrogen) atoms. The van der Waals surface area contributed by atoms with Gasteiger partial charge in [0.05, 0.1) is 0 Å². The Bertz CT molecular complexity index is 233. The first kappa shape index (κ1) is 18.1. The fourth-order valence-corrected chi connectivity index (χ4v) is 27.6. The van der Waals surface area contributed by atoms with Gasteiger partial charge in [0.15, 0.2) is 0 Å². The Morgan fingerprint density at radius 2 is 1.00 bits per heavy atom. The summed E-state index contributed by atoms with van der Waals surface area (Å²) in [6.45, 7) is 4.86. The predicted octanol–water partition coefficient (Wildman–Crippen LogP) is 7.70. The Morgan fingerprint density at radius 3 is 1.33 bits per heavy atom. The van der Waals surface area contributed by atoms with Crippen LogP contribution < -0.4 is 0 Å². The van der Waals surface area contributed by atoms with Crippen LogP contribution in [0.1, 0.15) is 104 Å². The number of unbranched alkanes of at least 4 members (excludes halogenated alkanes) is 2. The van der Waals surface area contributed by atoms with Crippen molar-refractivity contribution in [2.24, 2.45) is 0 Å². The molecule has 0 aromatic carbocycles. The average molecular weight is 399 g/mol. The summed E-state index contributed by atoms with van der Waals surface area (Å²) in [7, 11) is 0. The Morgan fingerprint density at radius 1 is 0.619 bits per heavy atom. The second-order valence-electron chi connectivity index (χ2n) is 8.11. The van der Waals surface area contributed by atoms with E-state index >= 15 is 0 Å². The average Bonchev–Trinajstić information content (AvgIpc) is 2.57. The van der Waals surface area contributed by atoms with Gasteiger partial charge in [0.25, 0.3) is 0 Å². The van der Waals surface area contributed by atoms with Gasteiger partial charge < -0.3 is 0 Å². The summed E-state index contributed by atoms with van der Waals surface area (Å²) >= 11 is -1.95. The first-order valence-electron chi connectivity index (χ1n) is 10.3. The van der Waals surface area contributed by atoms with Crippen LogP contribution in [0.15, 0.2) is 0 Å². The standard InChI is InChI=1S/2C6H11.2C4H9.Sn/c2*1-2-4-6-5-3-1;2*1-3-4-2;/h2*1H,2-6H2;2*1,3-4H2,2H3;. The van der Waals surface area contributed by atoms with Crippen LogP contribution in [-0.2, 0) is 0 Å². The maximum absolute atomic E-state index is 2.43. The molecule has 0 N–H and O–H groups in total. The molecule has 0 aliphatic heterocycles. The minimum atomic E-state index is -1.95. The zero-order valence-electron chi connectivity index (χ0n) is 15.0. The molecule has 2 fully saturated rings. The zero-order valence-corrected chi connectivity index (χ0v) is 17.8. The molecular weight excluding hydrogens is 359 g/mol. The zero-order chi connectivity index (χ0) is 15.0. The minimum absolute atomic E-state index is 1.29. The van der Waals surface area contributed by atoms with E-state index in [4.69, 9.17) is 0 Å². The van der Waals surface area contributed by atoms with Gasteiger partial charge >= 0.3 is 139 Å². The molecule has 0 nitrogen and oxygen atoms in total. The van der Waals surface area contributed by atoms with Crippen molar-refractivity contribution < 1.29 is 0 Å². The van der Waals surface area contributed by atoms with Crippen molar-refractivity contribution in [3.05, 3.63) is 0 Å². The van der Waals surface area contributed by atoms with Gasteiger partial charge in [0.1, 0.15) is 0 Å². The van der Waals surface area contributed by atoms with Gasteiger partial charge in [-0.25, -0.2) is 0 Å². The second-order valence-corrected chi connectivity index (χ2v) is 22.7. The van der Waals surface area contributed by atoms with Gasteiger partial charge in [-0.15, -0.1) is 0 Å². The van der Waals surface area contributed by atoms with Crippen molar-refractivity contribution in [2.45, 2.75) is 120 Å². The van der Waals surface area contributed by atoms with E-state index in [-0.39, 0.29) is 0 Å². The fraction of sp³-hybridized carbons (Fsp3) is 1.00. The van der Waals surface area contributed by atoms with Crippen LogP contribution in [0.5, 0.6) is 0 Å². The van der Waals surface area contributed by atoms with Crippen LogP contribution in [0.25, 0.3) is 0 Å². The molecule has 0 atom stereocenters. The molecular formula is C20H40Sn. The van der Waals surface area contributed by atoms with E-state index in [1.54, 1.807) is 85.9 Å². The maximum atomic E-state index is 2.43. The van der Waals surface area contributed by atoms with Crippen molar-refractivity contribution in [1.29, 1.82) is 0 Å². The molecule has 0 heterocycles. The summed E-state index contributed by atoms with van der Waals surface area (Å²) in [5, 5.41) is 0. The number of hydrogen-bond donors (Lipinski definition) is 0. The molecule has 0 amide bonds. The van der Waals surface area contributed by atoms with Crippen LogP contribution >= 0.6 is 0 Å². The molecule has 2 rings (SSSR count). The summed E-state index contributed by atoms with van der Waals surface area (Å²) < 4.78 is 6.10. The van der Waals surface area contributed by atoms with Crippen LogP contribution in [0.2, 0.25) is 16.7 Å². The Balaban J connectivity index is 2.16. The van der Waals surface area contributed by atoms with Gasteiger partial charge in [-0.05, 0) is 0 Å². The molecule has 2 aliphatic carbocycles. The van der Waals surface area contributed by atoms with Crippen molar-refractivity contribution in [3.8, 4) is 0 Å². The molecule has 2 saturated carbocycles. The first-order chi connectivity index (χ1) is 10.3. The molecule has 0 radical (unpaired) electrons. The van der Waals surface area contributed by atoms with Crippen LogP contribution in [-0.4, -0.2) is 18.4 Å². The third kappa shape index (κ3) is 4.88. The molecule has 1 heteroatoms. The second kappa shape index (κ2) is 9.83. The third-order valence-electron chi connectivity index (χ3n) is 6.83. The monoisotopic (exact) mass is 400 g/mol. The normalized spacial score (nSPS) is 22.6. The SMILES string of the molecule is CCC[CH2][Sn]([CH2]CCC)([CH]1CCCCC1)[CH]1CCCCC1. The Kier molecular flexibility index (Phi) is 8.49. The molecule has 0 unspecified atom stereocenters. The first-order valence-corrected chi connectivity index (χ1v) is 17.7. The van der Waals surface area contributed by atoms with Gasteiger partial charge in [0.2, 0.25) is 0 Å². The quantitative estimate of drug-likeness (QED) is 0.367. The van der Waals surface area contributed by atoms with E-state index in [1.165, 1.54) is 20.7 Å². The molecule has 124 valence electrons. The molecule has 0 aromatic heterocycles. The van der Waals surface area contributed by atoms with E-state index in [1.807, 2.05) is 0 Å². The van der Waals surface area contributed by atoms with Crippen LogP contribution in [0.3, 0.4) is 0 Å². The van der Waals surface area contributed by atoms with Crippen molar-refractivity contribution in [2.75, 3.05) is 0 Å². The summed E-state index contributed by atoms with van der Waals surface area (Å²) in [6.07, 6.45) is 22.1. The summed E-state index contributed by atoms with van der Waals surface area (Å²) in [6, 6.07) is 0. The molecule has 0 bridgehead atoms. The van der Waals surface area contributed by atoms with Gasteiger partial charge in [-0.2, -0.15) is 0 Å². The van der Waals surface area contributed by atoms with Crippen LogP contribution in [0.4, 0.5) is 0 Å². The summed E-state index contributed by atoms with van der Waals surface area (Å²) in [5.41, 5.74) is 0. The van der Waals surface area contributed by atoms with Gasteiger partial charge in [-0.1, -0.05) is 0 Å². The molecule has 2 aliphatic rings. The van der Waals surface area contributed by atoms with E-state index in [2.05, 4.69) is 13.8 Å². The third-order valence-corrected chi connectivity index (χ3v) is 26.7. The van der Waals surface area contributed by atoms with Crippen molar-refractivity contribution in [1.82, 2.24) is 0 Å². The van der Waals surface area contributed by atoms with E-state index in [0.29, 0.717) is 0 Å².